The van der Waals surface area contributed by atoms with Gasteiger partial charge in [-0.05, 0) is 25.5 Å². The maximum Gasteiger partial charge on any atom is 0.271 e. The molecule has 0 aliphatic carbocycles. The van der Waals surface area contributed by atoms with E-state index in [1.165, 1.54) is 18.2 Å². The van der Waals surface area contributed by atoms with Gasteiger partial charge in [-0.3, -0.25) is 14.9 Å². The molecule has 6 nitrogen and oxygen atoms in total. The Hall–Kier alpha value is -1.66. The van der Waals surface area contributed by atoms with Crippen LogP contribution in [-0.2, 0) is 4.79 Å². The van der Waals surface area contributed by atoms with Gasteiger partial charge in [0.25, 0.3) is 5.69 Å². The van der Waals surface area contributed by atoms with Crippen LogP contribution in [0.25, 0.3) is 0 Å². The molecule has 1 saturated heterocycles. The number of nitro groups is 1. The number of hydrogen-bond acceptors (Lipinski definition) is 4. The third-order valence-corrected chi connectivity index (χ3v) is 3.38. The minimum absolute atomic E-state index is 0.101. The summed E-state index contributed by atoms with van der Waals surface area (Å²) in [5, 5.41) is 16.7. The van der Waals surface area contributed by atoms with E-state index < -0.39 is 4.92 Å². The Bertz CT molecular complexity index is 501. The van der Waals surface area contributed by atoms with E-state index in [0.717, 1.165) is 25.8 Å². The van der Waals surface area contributed by atoms with Crippen molar-refractivity contribution in [2.45, 2.75) is 25.3 Å². The highest BCUT2D eigenvalue weighted by atomic mass is 35.5. The lowest BCUT2D eigenvalue weighted by molar-refractivity contribution is -0.384. The van der Waals surface area contributed by atoms with Gasteiger partial charge in [0.2, 0.25) is 5.91 Å². The summed E-state index contributed by atoms with van der Waals surface area (Å²) in [6.07, 6.45) is 2.81. The molecule has 0 radical (unpaired) electrons. The number of benzene rings is 1. The second-order valence-corrected chi connectivity index (χ2v) is 4.82. The fourth-order valence-corrected chi connectivity index (χ4v) is 2.18. The quantitative estimate of drug-likeness (QED) is 0.659. The molecule has 0 spiro atoms. The number of nitro benzene ring substituents is 1. The largest absolute Gasteiger partial charge is 0.323 e. The Labute approximate surface area is 115 Å². The van der Waals surface area contributed by atoms with E-state index in [1.54, 1.807) is 0 Å². The molecule has 1 heterocycles. The molecule has 0 bridgehead atoms. The van der Waals surface area contributed by atoms with Crippen molar-refractivity contribution >= 4 is 28.9 Å². The second kappa shape index (κ2) is 5.99. The van der Waals surface area contributed by atoms with Crippen LogP contribution < -0.4 is 10.6 Å². The third-order valence-electron chi connectivity index (χ3n) is 3.05. The number of nitrogens with zero attached hydrogens (tertiary/aromatic N) is 1. The zero-order valence-corrected chi connectivity index (χ0v) is 10.9. The number of anilines is 1. The normalized spacial score (nSPS) is 18.9. The number of nitrogens with one attached hydrogen (secondary N) is 2. The van der Waals surface area contributed by atoms with Gasteiger partial charge in [-0.25, -0.2) is 0 Å². The standard InChI is InChI=1S/C12H14ClN3O3/c13-9-5-4-8(16(18)19)7-11(9)15-12(17)10-3-1-2-6-14-10/h4-5,7,10,14H,1-3,6H2,(H,15,17)/t10-/m0/s1. The van der Waals surface area contributed by atoms with E-state index in [9.17, 15) is 14.9 Å². The van der Waals surface area contributed by atoms with Gasteiger partial charge in [0.15, 0.2) is 0 Å². The summed E-state index contributed by atoms with van der Waals surface area (Å²) in [5.74, 6) is -0.206. The van der Waals surface area contributed by atoms with E-state index >= 15 is 0 Å². The van der Waals surface area contributed by atoms with Crippen molar-refractivity contribution in [1.29, 1.82) is 0 Å². The van der Waals surface area contributed by atoms with Crippen molar-refractivity contribution in [3.05, 3.63) is 33.3 Å². The average Bonchev–Trinajstić information content (AvgIpc) is 2.42. The van der Waals surface area contributed by atoms with Gasteiger partial charge in [-0.15, -0.1) is 0 Å². The number of carbonyl (C=O) groups excluding carboxylic acids is 1. The molecule has 1 aliphatic rings. The van der Waals surface area contributed by atoms with Gasteiger partial charge in [-0.1, -0.05) is 18.0 Å². The summed E-state index contributed by atoms with van der Waals surface area (Å²) < 4.78 is 0. The SMILES string of the molecule is O=C(Nc1cc([N+](=O)[O-])ccc1Cl)[C@@H]1CCCCN1. The molecule has 1 amide bonds. The van der Waals surface area contributed by atoms with Crippen molar-refractivity contribution in [3.63, 3.8) is 0 Å². The Morgan fingerprint density at radius 1 is 1.47 bits per heavy atom. The minimum atomic E-state index is -0.523. The van der Waals surface area contributed by atoms with E-state index in [-0.39, 0.29) is 28.3 Å². The van der Waals surface area contributed by atoms with Crippen molar-refractivity contribution in [2.75, 3.05) is 11.9 Å². The molecule has 0 aromatic heterocycles. The maximum atomic E-state index is 12.0. The van der Waals surface area contributed by atoms with E-state index in [4.69, 9.17) is 11.6 Å². The lowest BCUT2D eigenvalue weighted by Gasteiger charge is -2.22. The van der Waals surface area contributed by atoms with Crippen molar-refractivity contribution in [2.24, 2.45) is 0 Å². The molecule has 1 aliphatic heterocycles. The Kier molecular flexibility index (Phi) is 4.34. The first-order chi connectivity index (χ1) is 9.08. The van der Waals surface area contributed by atoms with Crippen LogP contribution in [0, 0.1) is 10.1 Å². The number of piperidine rings is 1. The van der Waals surface area contributed by atoms with Crippen LogP contribution >= 0.6 is 11.6 Å². The average molecular weight is 284 g/mol. The highest BCUT2D eigenvalue weighted by Gasteiger charge is 2.21. The molecule has 2 N–H and O–H groups in total. The molecule has 1 aromatic carbocycles. The lowest BCUT2D eigenvalue weighted by atomic mass is 10.0. The monoisotopic (exact) mass is 283 g/mol. The zero-order valence-electron chi connectivity index (χ0n) is 10.2. The third kappa shape index (κ3) is 3.42. The number of rotatable bonds is 3. The molecule has 1 atom stereocenters. The first-order valence-corrected chi connectivity index (χ1v) is 6.44. The van der Waals surface area contributed by atoms with Crippen LogP contribution in [0.1, 0.15) is 19.3 Å². The van der Waals surface area contributed by atoms with E-state index in [1.807, 2.05) is 0 Å². The molecule has 2 rings (SSSR count). The lowest BCUT2D eigenvalue weighted by Crippen LogP contribution is -2.43. The van der Waals surface area contributed by atoms with E-state index in [0.29, 0.717) is 0 Å². The zero-order chi connectivity index (χ0) is 13.8. The molecule has 0 saturated carbocycles. The predicted octanol–water partition coefficient (Wildman–Crippen LogP) is 2.33. The molecule has 19 heavy (non-hydrogen) atoms. The Balaban J connectivity index is 2.11. The summed E-state index contributed by atoms with van der Waals surface area (Å²) in [4.78, 5) is 22.2. The number of halogens is 1. The maximum absolute atomic E-state index is 12.0. The van der Waals surface area contributed by atoms with Gasteiger partial charge in [-0.2, -0.15) is 0 Å². The molecule has 1 fully saturated rings. The highest BCUT2D eigenvalue weighted by Crippen LogP contribution is 2.27. The predicted molar refractivity (Wildman–Crippen MR) is 72.4 cm³/mol. The summed E-state index contributed by atoms with van der Waals surface area (Å²) in [6.45, 7) is 0.806. The van der Waals surface area contributed by atoms with Crippen LogP contribution in [0.15, 0.2) is 18.2 Å². The number of non-ortho nitro benzene ring substituents is 1. The fourth-order valence-electron chi connectivity index (χ4n) is 2.02. The molecule has 1 aromatic rings. The van der Waals surface area contributed by atoms with Crippen molar-refractivity contribution in [3.8, 4) is 0 Å². The summed E-state index contributed by atoms with van der Waals surface area (Å²) >= 11 is 5.93. The van der Waals surface area contributed by atoms with Crippen molar-refractivity contribution in [1.82, 2.24) is 5.32 Å². The van der Waals surface area contributed by atoms with E-state index in [2.05, 4.69) is 10.6 Å². The summed E-state index contributed by atoms with van der Waals surface area (Å²) in [7, 11) is 0. The minimum Gasteiger partial charge on any atom is -0.323 e. The number of hydrogen-bond donors (Lipinski definition) is 2. The van der Waals surface area contributed by atoms with Crippen LogP contribution in [0.3, 0.4) is 0 Å². The van der Waals surface area contributed by atoms with Crippen LogP contribution in [0.2, 0.25) is 5.02 Å². The molecular formula is C12H14ClN3O3. The van der Waals surface area contributed by atoms with Crippen LogP contribution in [0.5, 0.6) is 0 Å². The summed E-state index contributed by atoms with van der Waals surface area (Å²) in [6, 6.07) is 3.72. The second-order valence-electron chi connectivity index (χ2n) is 4.41. The first kappa shape index (κ1) is 13.8. The fraction of sp³-hybridized carbons (Fsp3) is 0.417. The van der Waals surface area contributed by atoms with Crippen LogP contribution in [0.4, 0.5) is 11.4 Å². The van der Waals surface area contributed by atoms with Crippen molar-refractivity contribution < 1.29 is 9.72 Å². The van der Waals surface area contributed by atoms with Crippen LogP contribution in [-0.4, -0.2) is 23.4 Å². The highest BCUT2D eigenvalue weighted by molar-refractivity contribution is 6.33. The molecular weight excluding hydrogens is 270 g/mol. The summed E-state index contributed by atoms with van der Waals surface area (Å²) in [5.41, 5.74) is 0.171. The molecule has 7 heteroatoms. The molecule has 102 valence electrons. The smallest absolute Gasteiger partial charge is 0.271 e. The number of carbonyl (C=O) groups is 1. The molecule has 0 unspecified atom stereocenters. The van der Waals surface area contributed by atoms with Gasteiger partial charge in [0.1, 0.15) is 0 Å². The van der Waals surface area contributed by atoms with Gasteiger partial charge >= 0.3 is 0 Å². The van der Waals surface area contributed by atoms with Gasteiger partial charge < -0.3 is 10.6 Å². The Morgan fingerprint density at radius 2 is 2.26 bits per heavy atom. The first-order valence-electron chi connectivity index (χ1n) is 6.06. The number of amides is 1. The van der Waals surface area contributed by atoms with Gasteiger partial charge in [0, 0.05) is 12.1 Å². The topological polar surface area (TPSA) is 84.3 Å². The Morgan fingerprint density at radius 3 is 2.89 bits per heavy atom. The van der Waals surface area contributed by atoms with Gasteiger partial charge in [0.05, 0.1) is 21.7 Å².